The van der Waals surface area contributed by atoms with Crippen molar-refractivity contribution >= 4 is 11.8 Å². The van der Waals surface area contributed by atoms with Gasteiger partial charge in [-0.2, -0.15) is 0 Å². The van der Waals surface area contributed by atoms with Crippen molar-refractivity contribution in [1.82, 2.24) is 9.80 Å². The summed E-state index contributed by atoms with van der Waals surface area (Å²) in [6.45, 7) is 7.81. The van der Waals surface area contributed by atoms with Crippen LogP contribution in [0.3, 0.4) is 0 Å². The lowest BCUT2D eigenvalue weighted by molar-refractivity contribution is -0.137. The van der Waals surface area contributed by atoms with Crippen molar-refractivity contribution in [2.24, 2.45) is 5.92 Å². The lowest BCUT2D eigenvalue weighted by Gasteiger charge is -2.34. The Morgan fingerprint density at radius 2 is 2.00 bits per heavy atom. The average molecular weight is 350 g/mol. The zero-order valence-corrected chi connectivity index (χ0v) is 15.2. The van der Waals surface area contributed by atoms with Crippen LogP contribution in [0.15, 0.2) is 24.3 Å². The second-order valence-electron chi connectivity index (χ2n) is 6.69. The summed E-state index contributed by atoms with van der Waals surface area (Å²) in [5.41, 5.74) is 0.884. The van der Waals surface area contributed by atoms with Gasteiger partial charge in [0, 0.05) is 32.7 Å². The first-order valence-electron chi connectivity index (χ1n) is 8.81. The Morgan fingerprint density at radius 3 is 2.60 bits per heavy atom. The van der Waals surface area contributed by atoms with E-state index in [1.54, 1.807) is 17.0 Å². The smallest absolute Gasteiger partial charge is 0.248 e. The van der Waals surface area contributed by atoms with Gasteiger partial charge in [-0.3, -0.25) is 9.59 Å². The zero-order valence-electron chi connectivity index (χ0n) is 15.2. The molecule has 2 rings (SSSR count). The maximum absolute atomic E-state index is 13.1. The average Bonchev–Trinajstić information content (AvgIpc) is 2.75. The number of halogens is 1. The summed E-state index contributed by atoms with van der Waals surface area (Å²) in [4.78, 5) is 28.5. The van der Waals surface area contributed by atoms with Crippen LogP contribution in [0.5, 0.6) is 0 Å². The first-order valence-corrected chi connectivity index (χ1v) is 8.81. The van der Waals surface area contributed by atoms with Gasteiger partial charge in [0.1, 0.15) is 12.4 Å². The third-order valence-corrected chi connectivity index (χ3v) is 4.54. The fraction of sp³-hybridized carbons (Fsp3) is 0.579. The fourth-order valence-electron chi connectivity index (χ4n) is 3.04. The number of carbonyl (C=O) groups excluding carboxylic acids is 2. The molecule has 5 nitrogen and oxygen atoms in total. The Balaban J connectivity index is 2.15. The molecule has 138 valence electrons. The van der Waals surface area contributed by atoms with Gasteiger partial charge in [0.15, 0.2) is 0 Å². The van der Waals surface area contributed by atoms with Crippen molar-refractivity contribution in [2.75, 3.05) is 26.3 Å². The fourth-order valence-corrected chi connectivity index (χ4v) is 3.04. The van der Waals surface area contributed by atoms with Gasteiger partial charge >= 0.3 is 0 Å². The highest BCUT2D eigenvalue weighted by molar-refractivity contribution is 5.81. The molecule has 1 atom stereocenters. The van der Waals surface area contributed by atoms with Gasteiger partial charge < -0.3 is 14.5 Å². The monoisotopic (exact) mass is 350 g/mol. The van der Waals surface area contributed by atoms with E-state index < -0.39 is 0 Å². The number of nitrogens with zero attached hydrogens (tertiary/aromatic N) is 2. The summed E-state index contributed by atoms with van der Waals surface area (Å²) in [6.07, 6.45) is 0.294. The molecule has 0 radical (unpaired) electrons. The molecule has 0 aromatic heterocycles. The standard InChI is InChI=1S/C19H27FN2O3/c1-4-25-13-19(24)21-10-9-18(23)22(17(12-21)14(2)3)11-15-5-7-16(20)8-6-15/h5-8,14,17H,4,9-13H2,1-3H3. The predicted octanol–water partition coefficient (Wildman–Crippen LogP) is 2.45. The minimum absolute atomic E-state index is 0.0229. The highest BCUT2D eigenvalue weighted by Gasteiger charge is 2.33. The quantitative estimate of drug-likeness (QED) is 0.792. The van der Waals surface area contributed by atoms with Crippen LogP contribution in [0, 0.1) is 11.7 Å². The summed E-state index contributed by atoms with van der Waals surface area (Å²) in [5, 5.41) is 0. The van der Waals surface area contributed by atoms with Crippen LogP contribution < -0.4 is 0 Å². The number of hydrogen-bond donors (Lipinski definition) is 0. The van der Waals surface area contributed by atoms with Gasteiger partial charge in [-0.15, -0.1) is 0 Å². The van der Waals surface area contributed by atoms with Crippen molar-refractivity contribution in [3.05, 3.63) is 35.6 Å². The van der Waals surface area contributed by atoms with Gasteiger partial charge in [-0.1, -0.05) is 26.0 Å². The molecule has 1 aliphatic rings. The number of hydrogen-bond acceptors (Lipinski definition) is 3. The van der Waals surface area contributed by atoms with Crippen molar-refractivity contribution < 1.29 is 18.7 Å². The Hall–Kier alpha value is -1.95. The van der Waals surface area contributed by atoms with Crippen LogP contribution in [0.25, 0.3) is 0 Å². The van der Waals surface area contributed by atoms with Crippen LogP contribution in [-0.4, -0.2) is 54.0 Å². The summed E-state index contributed by atoms with van der Waals surface area (Å²) in [5.74, 6) is -0.150. The van der Waals surface area contributed by atoms with Crippen LogP contribution in [0.4, 0.5) is 4.39 Å². The number of rotatable bonds is 6. The van der Waals surface area contributed by atoms with E-state index in [2.05, 4.69) is 0 Å². The summed E-state index contributed by atoms with van der Waals surface area (Å²) in [6, 6.07) is 6.12. The van der Waals surface area contributed by atoms with E-state index in [1.165, 1.54) is 12.1 Å². The van der Waals surface area contributed by atoms with E-state index in [9.17, 15) is 14.0 Å². The Labute approximate surface area is 148 Å². The van der Waals surface area contributed by atoms with Gasteiger partial charge in [0.05, 0.1) is 6.04 Å². The molecule has 0 N–H and O–H groups in total. The molecule has 1 heterocycles. The Bertz CT molecular complexity index is 589. The van der Waals surface area contributed by atoms with E-state index in [1.807, 2.05) is 25.7 Å². The van der Waals surface area contributed by atoms with Gasteiger partial charge in [-0.05, 0) is 30.5 Å². The first-order chi connectivity index (χ1) is 11.9. The van der Waals surface area contributed by atoms with Gasteiger partial charge in [-0.25, -0.2) is 4.39 Å². The minimum Gasteiger partial charge on any atom is -0.372 e. The second-order valence-corrected chi connectivity index (χ2v) is 6.69. The van der Waals surface area contributed by atoms with Gasteiger partial charge in [0.2, 0.25) is 11.8 Å². The molecule has 1 saturated heterocycles. The number of ether oxygens (including phenoxy) is 1. The largest absolute Gasteiger partial charge is 0.372 e. The topological polar surface area (TPSA) is 49.9 Å². The van der Waals surface area contributed by atoms with Crippen LogP contribution in [0.2, 0.25) is 0 Å². The first kappa shape index (κ1) is 19.4. The van der Waals surface area contributed by atoms with Crippen LogP contribution in [-0.2, 0) is 20.9 Å². The van der Waals surface area contributed by atoms with E-state index >= 15 is 0 Å². The third kappa shape index (κ3) is 5.26. The van der Waals surface area contributed by atoms with E-state index in [0.29, 0.717) is 32.7 Å². The van der Waals surface area contributed by atoms with Crippen molar-refractivity contribution in [3.63, 3.8) is 0 Å². The maximum Gasteiger partial charge on any atom is 0.248 e. The minimum atomic E-state index is -0.293. The molecule has 1 unspecified atom stereocenters. The molecule has 1 aliphatic heterocycles. The summed E-state index contributed by atoms with van der Waals surface area (Å²) < 4.78 is 18.3. The third-order valence-electron chi connectivity index (χ3n) is 4.54. The van der Waals surface area contributed by atoms with E-state index in [0.717, 1.165) is 5.56 Å². The molecule has 0 aliphatic carbocycles. The highest BCUT2D eigenvalue weighted by Crippen LogP contribution is 2.21. The molecule has 1 fully saturated rings. The molecule has 2 amide bonds. The molecular weight excluding hydrogens is 323 g/mol. The molecule has 0 saturated carbocycles. The molecule has 6 heteroatoms. The SMILES string of the molecule is CCOCC(=O)N1CCC(=O)N(Cc2ccc(F)cc2)C(C(C)C)C1. The lowest BCUT2D eigenvalue weighted by Crippen LogP contribution is -2.47. The van der Waals surface area contributed by atoms with Gasteiger partial charge in [0.25, 0.3) is 0 Å². The summed E-state index contributed by atoms with van der Waals surface area (Å²) >= 11 is 0. The second kappa shape index (κ2) is 8.94. The van der Waals surface area contributed by atoms with Crippen LogP contribution in [0.1, 0.15) is 32.8 Å². The maximum atomic E-state index is 13.1. The summed E-state index contributed by atoms with van der Waals surface area (Å²) in [7, 11) is 0. The highest BCUT2D eigenvalue weighted by atomic mass is 19.1. The molecule has 1 aromatic carbocycles. The van der Waals surface area contributed by atoms with Crippen LogP contribution >= 0.6 is 0 Å². The number of carbonyl (C=O) groups is 2. The van der Waals surface area contributed by atoms with Crippen molar-refractivity contribution in [2.45, 2.75) is 39.8 Å². The Morgan fingerprint density at radius 1 is 1.32 bits per heavy atom. The van der Waals surface area contributed by atoms with E-state index in [-0.39, 0.29) is 36.2 Å². The normalized spacial score (nSPS) is 18.6. The van der Waals surface area contributed by atoms with Crippen molar-refractivity contribution in [3.8, 4) is 0 Å². The number of amides is 2. The zero-order chi connectivity index (χ0) is 18.4. The molecule has 1 aromatic rings. The molecule has 0 bridgehead atoms. The lowest BCUT2D eigenvalue weighted by atomic mass is 10.0. The molecule has 0 spiro atoms. The molecular formula is C19H27FN2O3. The Kier molecular flexibility index (Phi) is 6.93. The van der Waals surface area contributed by atoms with E-state index in [4.69, 9.17) is 4.74 Å². The van der Waals surface area contributed by atoms with Crippen molar-refractivity contribution in [1.29, 1.82) is 0 Å². The molecule has 25 heavy (non-hydrogen) atoms. The number of benzene rings is 1. The predicted molar refractivity (Wildman–Crippen MR) is 93.3 cm³/mol.